The van der Waals surface area contributed by atoms with Crippen molar-refractivity contribution in [1.29, 1.82) is 0 Å². The SMILES string of the molecule is CC(Br)C(=O)NC1CCCN(c2ncccn2)C1. The third-order valence-corrected chi connectivity index (χ3v) is 3.38. The number of piperidine rings is 1. The quantitative estimate of drug-likeness (QED) is 0.856. The molecule has 1 fully saturated rings. The van der Waals surface area contributed by atoms with Crippen LogP contribution < -0.4 is 10.2 Å². The van der Waals surface area contributed by atoms with Crippen LogP contribution in [0.1, 0.15) is 19.8 Å². The minimum Gasteiger partial charge on any atom is -0.351 e. The molecule has 0 bridgehead atoms. The molecule has 1 aliphatic heterocycles. The molecule has 1 aromatic rings. The molecule has 0 radical (unpaired) electrons. The summed E-state index contributed by atoms with van der Waals surface area (Å²) in [6, 6.07) is 1.98. The molecule has 6 heteroatoms. The summed E-state index contributed by atoms with van der Waals surface area (Å²) >= 11 is 3.28. The summed E-state index contributed by atoms with van der Waals surface area (Å²) < 4.78 is 0. The molecule has 1 saturated heterocycles. The summed E-state index contributed by atoms with van der Waals surface area (Å²) in [6.07, 6.45) is 5.53. The number of rotatable bonds is 3. The van der Waals surface area contributed by atoms with E-state index in [-0.39, 0.29) is 16.8 Å². The molecule has 1 amide bonds. The van der Waals surface area contributed by atoms with E-state index in [0.29, 0.717) is 0 Å². The van der Waals surface area contributed by atoms with Crippen LogP contribution in [0.2, 0.25) is 0 Å². The van der Waals surface area contributed by atoms with Crippen LogP contribution in [-0.4, -0.2) is 39.8 Å². The maximum atomic E-state index is 11.6. The predicted octanol–water partition coefficient (Wildman–Crippen LogP) is 1.34. The third-order valence-electron chi connectivity index (χ3n) is 2.96. The summed E-state index contributed by atoms with van der Waals surface area (Å²) in [6.45, 7) is 3.55. The summed E-state index contributed by atoms with van der Waals surface area (Å²) in [4.78, 5) is 22.1. The lowest BCUT2D eigenvalue weighted by atomic mass is 10.1. The lowest BCUT2D eigenvalue weighted by Gasteiger charge is -2.33. The Balaban J connectivity index is 1.95. The number of aromatic nitrogens is 2. The van der Waals surface area contributed by atoms with Crippen LogP contribution in [-0.2, 0) is 4.79 Å². The predicted molar refractivity (Wildman–Crippen MR) is 73.8 cm³/mol. The van der Waals surface area contributed by atoms with Gasteiger partial charge in [0.1, 0.15) is 0 Å². The molecule has 1 N–H and O–H groups in total. The minimum absolute atomic E-state index is 0.0378. The molecule has 98 valence electrons. The van der Waals surface area contributed by atoms with Crippen LogP contribution >= 0.6 is 15.9 Å². The highest BCUT2D eigenvalue weighted by Crippen LogP contribution is 2.15. The minimum atomic E-state index is -0.152. The first-order valence-electron chi connectivity index (χ1n) is 6.13. The lowest BCUT2D eigenvalue weighted by molar-refractivity contribution is -0.120. The van der Waals surface area contributed by atoms with Gasteiger partial charge in [-0.05, 0) is 25.8 Å². The van der Waals surface area contributed by atoms with Gasteiger partial charge in [-0.25, -0.2) is 9.97 Å². The molecule has 0 saturated carbocycles. The molecule has 5 nitrogen and oxygen atoms in total. The molecule has 2 atom stereocenters. The van der Waals surface area contributed by atoms with E-state index < -0.39 is 0 Å². The topological polar surface area (TPSA) is 58.1 Å². The van der Waals surface area contributed by atoms with Gasteiger partial charge in [-0.15, -0.1) is 0 Å². The van der Waals surface area contributed by atoms with E-state index in [1.165, 1.54) is 0 Å². The van der Waals surface area contributed by atoms with Crippen LogP contribution in [0.15, 0.2) is 18.5 Å². The fourth-order valence-electron chi connectivity index (χ4n) is 2.05. The average Bonchev–Trinajstić information content (AvgIpc) is 2.40. The van der Waals surface area contributed by atoms with E-state index in [0.717, 1.165) is 31.9 Å². The maximum Gasteiger partial charge on any atom is 0.233 e. The fourth-order valence-corrected chi connectivity index (χ4v) is 2.18. The van der Waals surface area contributed by atoms with Crippen LogP contribution in [0.4, 0.5) is 5.95 Å². The van der Waals surface area contributed by atoms with Gasteiger partial charge in [0.05, 0.1) is 4.83 Å². The lowest BCUT2D eigenvalue weighted by Crippen LogP contribution is -2.49. The van der Waals surface area contributed by atoms with E-state index >= 15 is 0 Å². The van der Waals surface area contributed by atoms with Gasteiger partial charge in [0.25, 0.3) is 0 Å². The van der Waals surface area contributed by atoms with Gasteiger partial charge in [-0.1, -0.05) is 15.9 Å². The molecular formula is C12H17BrN4O. The Morgan fingerprint density at radius 2 is 2.28 bits per heavy atom. The first kappa shape index (κ1) is 13.3. The summed E-state index contributed by atoms with van der Waals surface area (Å²) in [5.41, 5.74) is 0. The summed E-state index contributed by atoms with van der Waals surface area (Å²) in [7, 11) is 0. The number of carbonyl (C=O) groups excluding carboxylic acids is 1. The number of hydrogen-bond donors (Lipinski definition) is 1. The summed E-state index contributed by atoms with van der Waals surface area (Å²) in [5, 5.41) is 3.04. The van der Waals surface area contributed by atoms with Gasteiger partial charge >= 0.3 is 0 Å². The van der Waals surface area contributed by atoms with E-state index in [1.807, 2.05) is 6.92 Å². The third kappa shape index (κ3) is 3.41. The Hall–Kier alpha value is -1.17. The summed E-state index contributed by atoms with van der Waals surface area (Å²) in [5.74, 6) is 0.777. The van der Waals surface area contributed by atoms with E-state index in [9.17, 15) is 4.79 Å². The van der Waals surface area contributed by atoms with Crippen molar-refractivity contribution < 1.29 is 4.79 Å². The van der Waals surface area contributed by atoms with Gasteiger partial charge in [-0.2, -0.15) is 0 Å². The highest BCUT2D eigenvalue weighted by atomic mass is 79.9. The van der Waals surface area contributed by atoms with E-state index in [1.54, 1.807) is 18.5 Å². The van der Waals surface area contributed by atoms with Crippen molar-refractivity contribution in [2.45, 2.75) is 30.6 Å². The molecule has 2 heterocycles. The van der Waals surface area contributed by atoms with Gasteiger partial charge in [0.15, 0.2) is 0 Å². The number of nitrogens with zero attached hydrogens (tertiary/aromatic N) is 3. The Morgan fingerprint density at radius 3 is 2.94 bits per heavy atom. The maximum absolute atomic E-state index is 11.6. The van der Waals surface area contributed by atoms with Crippen molar-refractivity contribution in [3.05, 3.63) is 18.5 Å². The highest BCUT2D eigenvalue weighted by molar-refractivity contribution is 9.10. The first-order valence-corrected chi connectivity index (χ1v) is 7.05. The molecule has 1 aliphatic rings. The Kier molecular flexibility index (Phi) is 4.52. The molecular weight excluding hydrogens is 296 g/mol. The second-order valence-corrected chi connectivity index (χ2v) is 5.83. The fraction of sp³-hybridized carbons (Fsp3) is 0.583. The number of anilines is 1. The number of carbonyl (C=O) groups is 1. The zero-order valence-corrected chi connectivity index (χ0v) is 11.9. The standard InChI is InChI=1S/C12H17BrN4O/c1-9(13)11(18)16-10-4-2-7-17(8-10)12-14-5-3-6-15-12/h3,5-6,9-10H,2,4,7-8H2,1H3,(H,16,18). The van der Waals surface area contributed by atoms with Crippen molar-refractivity contribution in [2.75, 3.05) is 18.0 Å². The molecule has 0 aromatic carbocycles. The zero-order valence-electron chi connectivity index (χ0n) is 10.3. The molecule has 2 rings (SSSR count). The Morgan fingerprint density at radius 1 is 1.56 bits per heavy atom. The monoisotopic (exact) mass is 312 g/mol. The number of amides is 1. The van der Waals surface area contributed by atoms with Crippen molar-refractivity contribution in [2.24, 2.45) is 0 Å². The molecule has 0 aliphatic carbocycles. The second-order valence-electron chi connectivity index (χ2n) is 4.46. The van der Waals surface area contributed by atoms with Crippen LogP contribution in [0.25, 0.3) is 0 Å². The molecule has 2 unspecified atom stereocenters. The molecule has 1 aromatic heterocycles. The van der Waals surface area contributed by atoms with E-state index in [4.69, 9.17) is 0 Å². The smallest absolute Gasteiger partial charge is 0.233 e. The zero-order chi connectivity index (χ0) is 13.0. The number of nitrogens with one attached hydrogen (secondary N) is 1. The van der Waals surface area contributed by atoms with Gasteiger partial charge in [0.2, 0.25) is 11.9 Å². The number of halogens is 1. The van der Waals surface area contributed by atoms with Crippen LogP contribution in [0.5, 0.6) is 0 Å². The van der Waals surface area contributed by atoms with Crippen molar-refractivity contribution >= 4 is 27.8 Å². The van der Waals surface area contributed by atoms with Crippen molar-refractivity contribution in [3.8, 4) is 0 Å². The second kappa shape index (κ2) is 6.13. The van der Waals surface area contributed by atoms with Gasteiger partial charge in [0, 0.05) is 31.5 Å². The van der Waals surface area contributed by atoms with Gasteiger partial charge in [-0.3, -0.25) is 4.79 Å². The molecule has 0 spiro atoms. The van der Waals surface area contributed by atoms with Gasteiger partial charge < -0.3 is 10.2 Å². The highest BCUT2D eigenvalue weighted by Gasteiger charge is 2.23. The Labute approximate surface area is 115 Å². The number of alkyl halides is 1. The first-order chi connectivity index (χ1) is 8.66. The van der Waals surface area contributed by atoms with E-state index in [2.05, 4.69) is 36.1 Å². The van der Waals surface area contributed by atoms with Crippen molar-refractivity contribution in [3.63, 3.8) is 0 Å². The Bertz CT molecular complexity index is 398. The average molecular weight is 313 g/mol. The van der Waals surface area contributed by atoms with Crippen LogP contribution in [0.3, 0.4) is 0 Å². The van der Waals surface area contributed by atoms with Crippen LogP contribution in [0, 0.1) is 0 Å². The van der Waals surface area contributed by atoms with Crippen molar-refractivity contribution in [1.82, 2.24) is 15.3 Å². The molecule has 18 heavy (non-hydrogen) atoms. The number of hydrogen-bond acceptors (Lipinski definition) is 4. The normalized spacial score (nSPS) is 21.4. The largest absolute Gasteiger partial charge is 0.351 e.